The van der Waals surface area contributed by atoms with Crippen LogP contribution < -0.4 is 4.74 Å². The van der Waals surface area contributed by atoms with E-state index in [4.69, 9.17) is 4.74 Å². The van der Waals surface area contributed by atoms with Gasteiger partial charge in [-0.1, -0.05) is 20.3 Å². The Bertz CT molecular complexity index is 378. The van der Waals surface area contributed by atoms with E-state index in [1.165, 1.54) is 18.4 Å². The molecule has 17 heavy (non-hydrogen) atoms. The molecule has 1 aliphatic rings. The Morgan fingerprint density at radius 2 is 2.24 bits per heavy atom. The molecule has 0 amide bonds. The molecule has 0 saturated heterocycles. The molecule has 3 nitrogen and oxygen atoms in total. The number of hydrogen-bond acceptors (Lipinski definition) is 3. The zero-order chi connectivity index (χ0) is 12.3. The summed E-state index contributed by atoms with van der Waals surface area (Å²) in [5.74, 6) is 1.12. The van der Waals surface area contributed by atoms with E-state index < -0.39 is 0 Å². The van der Waals surface area contributed by atoms with Gasteiger partial charge in [0.2, 0.25) is 0 Å². The molecular formula is C14H21NO2. The number of aromatic hydroxyl groups is 1. The smallest absolute Gasteiger partial charge is 0.127 e. The quantitative estimate of drug-likeness (QED) is 0.851. The lowest BCUT2D eigenvalue weighted by Crippen LogP contribution is -2.30. The van der Waals surface area contributed by atoms with E-state index >= 15 is 0 Å². The monoisotopic (exact) mass is 235 g/mol. The summed E-state index contributed by atoms with van der Waals surface area (Å²) in [4.78, 5) is 2.45. The number of rotatable bonds is 5. The summed E-state index contributed by atoms with van der Waals surface area (Å²) in [5.41, 5.74) is 1.21. The van der Waals surface area contributed by atoms with Crippen molar-refractivity contribution in [2.75, 3.05) is 19.7 Å². The van der Waals surface area contributed by atoms with E-state index in [1.807, 2.05) is 6.07 Å². The lowest BCUT2D eigenvalue weighted by molar-refractivity contribution is 0.168. The molecule has 0 saturated carbocycles. The van der Waals surface area contributed by atoms with Crippen LogP contribution in [0.25, 0.3) is 0 Å². The zero-order valence-electron chi connectivity index (χ0n) is 10.6. The summed E-state index contributed by atoms with van der Waals surface area (Å²) in [6, 6.07) is 5.79. The van der Waals surface area contributed by atoms with Crippen LogP contribution in [0.2, 0.25) is 0 Å². The molecule has 3 heteroatoms. The van der Waals surface area contributed by atoms with Crippen molar-refractivity contribution >= 4 is 0 Å². The largest absolute Gasteiger partial charge is 0.508 e. The van der Waals surface area contributed by atoms with Gasteiger partial charge in [0, 0.05) is 11.6 Å². The van der Waals surface area contributed by atoms with E-state index in [1.54, 1.807) is 12.1 Å². The third-order valence-corrected chi connectivity index (χ3v) is 3.40. The molecule has 0 spiro atoms. The van der Waals surface area contributed by atoms with Gasteiger partial charge in [-0.25, -0.2) is 0 Å². The predicted octanol–water partition coefficient (Wildman–Crippen LogP) is 2.95. The van der Waals surface area contributed by atoms with Crippen molar-refractivity contribution < 1.29 is 9.84 Å². The summed E-state index contributed by atoms with van der Waals surface area (Å²) in [5, 5.41) is 9.43. The second kappa shape index (κ2) is 5.41. The van der Waals surface area contributed by atoms with Gasteiger partial charge >= 0.3 is 0 Å². The first-order valence-electron chi connectivity index (χ1n) is 6.46. The maximum atomic E-state index is 9.43. The summed E-state index contributed by atoms with van der Waals surface area (Å²) < 4.78 is 5.65. The number of ether oxygens (including phenoxy) is 1. The summed E-state index contributed by atoms with van der Waals surface area (Å²) in [6.45, 7) is 7.26. The molecule has 0 radical (unpaired) electrons. The summed E-state index contributed by atoms with van der Waals surface area (Å²) in [7, 11) is 0. The van der Waals surface area contributed by atoms with Gasteiger partial charge in [0.15, 0.2) is 0 Å². The molecule has 1 aliphatic heterocycles. The lowest BCUT2D eigenvalue weighted by atomic mass is 10.1. The molecule has 1 N–H and O–H groups in total. The zero-order valence-corrected chi connectivity index (χ0v) is 10.6. The van der Waals surface area contributed by atoms with Gasteiger partial charge in [-0.15, -0.1) is 0 Å². The predicted molar refractivity (Wildman–Crippen MR) is 68.5 cm³/mol. The van der Waals surface area contributed by atoms with E-state index in [2.05, 4.69) is 18.7 Å². The van der Waals surface area contributed by atoms with Crippen molar-refractivity contribution in [1.29, 1.82) is 0 Å². The minimum Gasteiger partial charge on any atom is -0.508 e. The average molecular weight is 235 g/mol. The Morgan fingerprint density at radius 1 is 1.41 bits per heavy atom. The normalized spacial score (nSPS) is 18.2. The second-order valence-electron chi connectivity index (χ2n) is 4.53. The number of phenols is 1. The molecule has 0 bridgehead atoms. The van der Waals surface area contributed by atoms with Crippen LogP contribution in [-0.2, 0) is 0 Å². The van der Waals surface area contributed by atoms with Gasteiger partial charge in [-0.2, -0.15) is 0 Å². The summed E-state index contributed by atoms with van der Waals surface area (Å²) in [6.07, 6.45) is 2.43. The van der Waals surface area contributed by atoms with E-state index in [9.17, 15) is 5.11 Å². The number of unbranched alkanes of at least 4 members (excludes halogenated alkanes) is 1. The number of hydrogen-bond donors (Lipinski definition) is 1. The molecule has 94 valence electrons. The van der Waals surface area contributed by atoms with Crippen molar-refractivity contribution in [2.45, 2.75) is 32.7 Å². The van der Waals surface area contributed by atoms with Gasteiger partial charge in [-0.3, -0.25) is 4.90 Å². The van der Waals surface area contributed by atoms with Crippen LogP contribution in [0.1, 0.15) is 38.3 Å². The first-order chi connectivity index (χ1) is 8.26. The topological polar surface area (TPSA) is 32.7 Å². The molecule has 1 aromatic rings. The van der Waals surface area contributed by atoms with Crippen LogP contribution in [0.15, 0.2) is 18.2 Å². The highest BCUT2D eigenvalue weighted by Gasteiger charge is 2.28. The highest BCUT2D eigenvalue weighted by Crippen LogP contribution is 2.38. The van der Waals surface area contributed by atoms with Gasteiger partial charge in [0.25, 0.3) is 0 Å². The maximum absolute atomic E-state index is 9.43. The summed E-state index contributed by atoms with van der Waals surface area (Å²) >= 11 is 0. The van der Waals surface area contributed by atoms with Gasteiger partial charge in [0.05, 0.1) is 6.04 Å². The Kier molecular flexibility index (Phi) is 3.89. The molecule has 1 aromatic carbocycles. The third-order valence-electron chi connectivity index (χ3n) is 3.40. The first kappa shape index (κ1) is 12.2. The van der Waals surface area contributed by atoms with Crippen molar-refractivity contribution in [3.05, 3.63) is 23.8 Å². The van der Waals surface area contributed by atoms with Crippen molar-refractivity contribution in [3.63, 3.8) is 0 Å². The minimum absolute atomic E-state index is 0.279. The molecule has 0 fully saturated rings. The lowest BCUT2D eigenvalue weighted by Gasteiger charge is -2.26. The van der Waals surface area contributed by atoms with E-state index in [-0.39, 0.29) is 5.75 Å². The Morgan fingerprint density at radius 3 is 2.94 bits per heavy atom. The van der Waals surface area contributed by atoms with Crippen LogP contribution >= 0.6 is 0 Å². The number of fused-ring (bicyclic) bond motifs is 1. The van der Waals surface area contributed by atoms with Gasteiger partial charge < -0.3 is 9.84 Å². The average Bonchev–Trinajstić information content (AvgIpc) is 2.73. The molecule has 2 rings (SSSR count). The number of benzene rings is 1. The molecule has 1 unspecified atom stereocenters. The highest BCUT2D eigenvalue weighted by molar-refractivity contribution is 5.44. The molecule has 1 atom stereocenters. The van der Waals surface area contributed by atoms with Crippen molar-refractivity contribution in [2.24, 2.45) is 0 Å². The Labute approximate surface area is 103 Å². The number of phenolic OH excluding ortho intramolecular Hbond substituents is 1. The fourth-order valence-corrected chi connectivity index (χ4v) is 2.38. The van der Waals surface area contributed by atoms with Crippen LogP contribution in [0.4, 0.5) is 0 Å². The second-order valence-corrected chi connectivity index (χ2v) is 4.53. The highest BCUT2D eigenvalue weighted by atomic mass is 16.5. The maximum Gasteiger partial charge on any atom is 0.127 e. The van der Waals surface area contributed by atoms with Crippen LogP contribution in [0, 0.1) is 0 Å². The Hall–Kier alpha value is -1.22. The van der Waals surface area contributed by atoms with Crippen LogP contribution in [0.5, 0.6) is 11.5 Å². The molecular weight excluding hydrogens is 214 g/mol. The van der Waals surface area contributed by atoms with E-state index in [0.29, 0.717) is 12.6 Å². The van der Waals surface area contributed by atoms with Gasteiger partial charge in [-0.05, 0) is 31.6 Å². The standard InChI is InChI=1S/C14H21NO2/c1-3-5-8-15(4-2)13-10-17-14-9-11(16)6-7-12(13)14/h6-7,9,13,16H,3-5,8,10H2,1-2H3. The number of likely N-dealkylation sites (N-methyl/N-ethyl adjacent to an activating group) is 1. The van der Waals surface area contributed by atoms with Crippen LogP contribution in [-0.4, -0.2) is 29.7 Å². The van der Waals surface area contributed by atoms with Crippen molar-refractivity contribution in [3.8, 4) is 11.5 Å². The number of nitrogens with zero attached hydrogens (tertiary/aromatic N) is 1. The fourth-order valence-electron chi connectivity index (χ4n) is 2.38. The van der Waals surface area contributed by atoms with Crippen molar-refractivity contribution in [1.82, 2.24) is 4.90 Å². The van der Waals surface area contributed by atoms with E-state index in [0.717, 1.165) is 18.8 Å². The SMILES string of the molecule is CCCCN(CC)C1COc2cc(O)ccc21. The molecule has 0 aliphatic carbocycles. The molecule has 1 heterocycles. The first-order valence-corrected chi connectivity index (χ1v) is 6.46. The Balaban J connectivity index is 2.14. The minimum atomic E-state index is 0.279. The van der Waals surface area contributed by atoms with Gasteiger partial charge in [0.1, 0.15) is 18.1 Å². The van der Waals surface area contributed by atoms with Crippen LogP contribution in [0.3, 0.4) is 0 Å². The molecule has 0 aromatic heterocycles. The fraction of sp³-hybridized carbons (Fsp3) is 0.571. The third kappa shape index (κ3) is 2.55.